The highest BCUT2D eigenvalue weighted by molar-refractivity contribution is 8.01. The van der Waals surface area contributed by atoms with Gasteiger partial charge in [-0.15, -0.1) is 11.8 Å². The summed E-state index contributed by atoms with van der Waals surface area (Å²) in [6.45, 7) is 0.350. The zero-order valence-corrected chi connectivity index (χ0v) is 16.3. The van der Waals surface area contributed by atoms with Crippen molar-refractivity contribution in [1.29, 1.82) is 0 Å². The molecule has 2 aromatic carbocycles. The molecule has 0 bridgehead atoms. The van der Waals surface area contributed by atoms with Crippen LogP contribution >= 0.6 is 11.8 Å². The Balaban J connectivity index is 1.94. The lowest BCUT2D eigenvalue weighted by molar-refractivity contribution is -0.384. The number of hydrogen-bond donors (Lipinski definition) is 0. The molecule has 0 amide bonds. The van der Waals surface area contributed by atoms with E-state index in [2.05, 4.69) is 0 Å². The van der Waals surface area contributed by atoms with Crippen LogP contribution in [0.5, 0.6) is 11.5 Å². The first-order chi connectivity index (χ1) is 12.9. The van der Waals surface area contributed by atoms with Gasteiger partial charge in [-0.05, 0) is 29.8 Å². The van der Waals surface area contributed by atoms with E-state index in [1.165, 1.54) is 54.6 Å². The third-order valence-electron chi connectivity index (χ3n) is 4.20. The summed E-state index contributed by atoms with van der Waals surface area (Å²) in [6, 6.07) is 10.2. The largest absolute Gasteiger partial charge is 0.493 e. The third kappa shape index (κ3) is 3.73. The van der Waals surface area contributed by atoms with Gasteiger partial charge >= 0.3 is 0 Å². The van der Waals surface area contributed by atoms with E-state index in [9.17, 15) is 18.5 Å². The van der Waals surface area contributed by atoms with Crippen molar-refractivity contribution in [2.75, 3.05) is 26.5 Å². The van der Waals surface area contributed by atoms with Crippen LogP contribution in [0.2, 0.25) is 0 Å². The monoisotopic (exact) mass is 410 g/mol. The molecular formula is C17H18N2O6S2. The molecule has 1 heterocycles. The number of nitrogens with zero attached hydrogens (tertiary/aromatic N) is 2. The molecule has 0 unspecified atom stereocenters. The normalized spacial score (nSPS) is 17.6. The number of methoxy groups -OCH3 is 2. The topological polar surface area (TPSA) is 99.0 Å². The maximum Gasteiger partial charge on any atom is 0.269 e. The van der Waals surface area contributed by atoms with E-state index in [0.29, 0.717) is 23.8 Å². The van der Waals surface area contributed by atoms with Crippen molar-refractivity contribution >= 4 is 27.5 Å². The maximum atomic E-state index is 13.1. The number of hydrogen-bond acceptors (Lipinski definition) is 7. The molecule has 0 saturated carbocycles. The lowest BCUT2D eigenvalue weighted by atomic mass is 10.2. The van der Waals surface area contributed by atoms with Gasteiger partial charge in [0, 0.05) is 24.4 Å². The second-order valence-electron chi connectivity index (χ2n) is 5.70. The smallest absolute Gasteiger partial charge is 0.269 e. The van der Waals surface area contributed by atoms with Gasteiger partial charge in [0.05, 0.1) is 29.4 Å². The molecule has 0 radical (unpaired) electrons. The quantitative estimate of drug-likeness (QED) is 0.533. The first-order valence-electron chi connectivity index (χ1n) is 7.98. The Morgan fingerprint density at radius 3 is 2.37 bits per heavy atom. The zero-order chi connectivity index (χ0) is 19.6. The number of non-ortho nitro benzene ring substituents is 1. The van der Waals surface area contributed by atoms with E-state index in [1.807, 2.05) is 6.07 Å². The zero-order valence-electron chi connectivity index (χ0n) is 14.7. The minimum absolute atomic E-state index is 0.0288. The highest BCUT2D eigenvalue weighted by Crippen LogP contribution is 2.43. The van der Waals surface area contributed by atoms with Crippen LogP contribution in [0.1, 0.15) is 10.9 Å². The van der Waals surface area contributed by atoms with E-state index in [1.54, 1.807) is 12.1 Å². The van der Waals surface area contributed by atoms with Gasteiger partial charge in [0.1, 0.15) is 0 Å². The minimum Gasteiger partial charge on any atom is -0.493 e. The van der Waals surface area contributed by atoms with Crippen molar-refractivity contribution in [3.8, 4) is 11.5 Å². The summed E-state index contributed by atoms with van der Waals surface area (Å²) in [5, 5.41) is 10.4. The maximum absolute atomic E-state index is 13.1. The number of nitro groups is 1. The summed E-state index contributed by atoms with van der Waals surface area (Å²) >= 11 is 1.51. The molecule has 144 valence electrons. The molecule has 0 N–H and O–H groups in total. The molecule has 1 aliphatic heterocycles. The molecule has 3 rings (SSSR count). The molecule has 27 heavy (non-hydrogen) atoms. The van der Waals surface area contributed by atoms with Crippen molar-refractivity contribution < 1.29 is 22.8 Å². The van der Waals surface area contributed by atoms with Gasteiger partial charge in [-0.1, -0.05) is 6.07 Å². The van der Waals surface area contributed by atoms with Crippen LogP contribution in [-0.4, -0.2) is 44.2 Å². The Morgan fingerprint density at radius 1 is 1.11 bits per heavy atom. The van der Waals surface area contributed by atoms with Crippen LogP contribution in [0.25, 0.3) is 0 Å². The number of ether oxygens (including phenoxy) is 2. The molecule has 1 aliphatic rings. The summed E-state index contributed by atoms with van der Waals surface area (Å²) in [7, 11) is -0.738. The molecule has 1 atom stereocenters. The van der Waals surface area contributed by atoms with Crippen LogP contribution in [0.3, 0.4) is 0 Å². The van der Waals surface area contributed by atoms with Gasteiger partial charge in [-0.25, -0.2) is 8.42 Å². The third-order valence-corrected chi connectivity index (χ3v) is 7.47. The summed E-state index contributed by atoms with van der Waals surface area (Å²) in [5.41, 5.74) is 0.627. The Labute approximate surface area is 161 Å². The van der Waals surface area contributed by atoms with Crippen LogP contribution in [0.4, 0.5) is 5.69 Å². The number of rotatable bonds is 6. The lowest BCUT2D eigenvalue weighted by Crippen LogP contribution is -2.30. The molecule has 10 heteroatoms. The number of nitro benzene ring substituents is 1. The summed E-state index contributed by atoms with van der Waals surface area (Å²) in [5.74, 6) is 1.73. The van der Waals surface area contributed by atoms with E-state index in [0.717, 1.165) is 5.56 Å². The Hall–Kier alpha value is -2.30. The van der Waals surface area contributed by atoms with Gasteiger partial charge in [-0.2, -0.15) is 4.31 Å². The second kappa shape index (κ2) is 7.75. The second-order valence-corrected chi connectivity index (χ2v) is 8.78. The molecule has 2 aromatic rings. The van der Waals surface area contributed by atoms with Crippen LogP contribution in [0.15, 0.2) is 47.4 Å². The van der Waals surface area contributed by atoms with Crippen LogP contribution in [-0.2, 0) is 10.0 Å². The van der Waals surface area contributed by atoms with Crippen molar-refractivity contribution in [2.45, 2.75) is 10.3 Å². The number of thioether (sulfide) groups is 1. The van der Waals surface area contributed by atoms with E-state index < -0.39 is 20.3 Å². The fourth-order valence-corrected chi connectivity index (χ4v) is 6.08. The standard InChI is InChI=1S/C17H18N2O6S2/c1-24-15-8-3-12(11-16(15)25-2)17-18(9-10-26-17)27(22,23)14-6-4-13(5-7-14)19(20)21/h3-8,11,17H,9-10H2,1-2H3/t17-/m0/s1. The Morgan fingerprint density at radius 2 is 1.78 bits per heavy atom. The summed E-state index contributed by atoms with van der Waals surface area (Å²) in [4.78, 5) is 10.3. The first kappa shape index (κ1) is 19.5. The van der Waals surface area contributed by atoms with E-state index in [4.69, 9.17) is 9.47 Å². The first-order valence-corrected chi connectivity index (χ1v) is 10.5. The molecular weight excluding hydrogens is 392 g/mol. The molecule has 1 fully saturated rings. The van der Waals surface area contributed by atoms with Gasteiger partial charge < -0.3 is 9.47 Å². The van der Waals surface area contributed by atoms with Gasteiger partial charge in [-0.3, -0.25) is 10.1 Å². The highest BCUT2D eigenvalue weighted by Gasteiger charge is 2.37. The molecule has 8 nitrogen and oxygen atoms in total. The van der Waals surface area contributed by atoms with Gasteiger partial charge in [0.15, 0.2) is 11.5 Å². The fourth-order valence-electron chi connectivity index (χ4n) is 2.85. The van der Waals surface area contributed by atoms with Gasteiger partial charge in [0.25, 0.3) is 5.69 Å². The highest BCUT2D eigenvalue weighted by atomic mass is 32.2. The summed E-state index contributed by atoms with van der Waals surface area (Å²) in [6.07, 6.45) is 0. The van der Waals surface area contributed by atoms with Crippen LogP contribution in [0, 0.1) is 10.1 Å². The van der Waals surface area contributed by atoms with Crippen molar-refractivity contribution in [1.82, 2.24) is 4.31 Å². The molecule has 0 aliphatic carbocycles. The number of benzene rings is 2. The fraction of sp³-hybridized carbons (Fsp3) is 0.294. The SMILES string of the molecule is COc1ccc([C@@H]2SCCN2S(=O)(=O)c2ccc([N+](=O)[O-])cc2)cc1OC. The van der Waals surface area contributed by atoms with E-state index in [-0.39, 0.29) is 10.6 Å². The van der Waals surface area contributed by atoms with E-state index >= 15 is 0 Å². The summed E-state index contributed by atoms with van der Waals surface area (Å²) < 4.78 is 38.1. The average molecular weight is 410 g/mol. The Bertz CT molecular complexity index is 946. The predicted octanol–water partition coefficient (Wildman–Crippen LogP) is 3.05. The number of sulfonamides is 1. The minimum atomic E-state index is -3.80. The molecule has 0 aromatic heterocycles. The van der Waals surface area contributed by atoms with Gasteiger partial charge in [0.2, 0.25) is 10.0 Å². The molecule has 0 spiro atoms. The van der Waals surface area contributed by atoms with Crippen molar-refractivity contribution in [3.63, 3.8) is 0 Å². The Kier molecular flexibility index (Phi) is 5.59. The average Bonchev–Trinajstić information content (AvgIpc) is 3.18. The lowest BCUT2D eigenvalue weighted by Gasteiger charge is -2.24. The van der Waals surface area contributed by atoms with Crippen LogP contribution < -0.4 is 9.47 Å². The van der Waals surface area contributed by atoms with Crippen molar-refractivity contribution in [2.24, 2.45) is 0 Å². The molecule has 1 saturated heterocycles. The van der Waals surface area contributed by atoms with Crippen molar-refractivity contribution in [3.05, 3.63) is 58.1 Å². The predicted molar refractivity (Wildman–Crippen MR) is 102 cm³/mol.